The zero-order chi connectivity index (χ0) is 17.3. The Labute approximate surface area is 157 Å². The van der Waals surface area contributed by atoms with Crippen LogP contribution in [0.4, 0.5) is 13.2 Å². The van der Waals surface area contributed by atoms with Crippen LogP contribution in [0.1, 0.15) is 33.6 Å². The van der Waals surface area contributed by atoms with E-state index in [9.17, 15) is 13.2 Å². The van der Waals surface area contributed by atoms with E-state index in [4.69, 9.17) is 9.84 Å². The van der Waals surface area contributed by atoms with Gasteiger partial charge in [0.1, 0.15) is 0 Å². The summed E-state index contributed by atoms with van der Waals surface area (Å²) in [5.41, 5.74) is -0.107. The molecule has 1 heterocycles. The van der Waals surface area contributed by atoms with Gasteiger partial charge in [0.05, 0.1) is 12.6 Å². The number of guanidine groups is 1. The molecule has 4 unspecified atom stereocenters. The fraction of sp³-hybridized carbons (Fsp3) is 0.933. The first-order valence-corrected chi connectivity index (χ1v) is 8.09. The lowest BCUT2D eigenvalue weighted by Gasteiger charge is -2.60. The number of hydrogen-bond acceptors (Lipinski definition) is 3. The van der Waals surface area contributed by atoms with Gasteiger partial charge in [-0.1, -0.05) is 13.8 Å². The maximum atomic E-state index is 12.4. The number of halogens is 4. The van der Waals surface area contributed by atoms with E-state index in [1.165, 1.54) is 0 Å². The quantitative estimate of drug-likeness (QED) is 0.339. The Balaban J connectivity index is 0.00000288. The van der Waals surface area contributed by atoms with Gasteiger partial charge in [-0.15, -0.1) is 24.0 Å². The standard InChI is InChI=1S/C15H26F3N3O2.HI/c1-4-19-13(20-8-10(22)15(16,17)18)21-11-9-6-5-7-23-12(9)14(11,2)3;/h9-12,22H,4-8H2,1-3H3,(H2,19,20,21);1H. The van der Waals surface area contributed by atoms with E-state index < -0.39 is 18.8 Å². The summed E-state index contributed by atoms with van der Waals surface area (Å²) in [6, 6.07) is 0.0913. The molecular formula is C15H27F3IN3O2. The minimum absolute atomic E-state index is 0. The normalized spacial score (nSPS) is 30.5. The van der Waals surface area contributed by atoms with Crippen LogP contribution < -0.4 is 10.6 Å². The van der Waals surface area contributed by atoms with Gasteiger partial charge in [-0.25, -0.2) is 0 Å². The molecule has 142 valence electrons. The van der Waals surface area contributed by atoms with E-state index in [0.29, 0.717) is 18.4 Å². The highest BCUT2D eigenvalue weighted by atomic mass is 127. The fourth-order valence-corrected chi connectivity index (χ4v) is 3.56. The molecule has 0 aromatic rings. The van der Waals surface area contributed by atoms with E-state index in [-0.39, 0.29) is 41.5 Å². The summed E-state index contributed by atoms with van der Waals surface area (Å²) in [4.78, 5) is 3.89. The molecule has 0 radical (unpaired) electrons. The maximum Gasteiger partial charge on any atom is 0.416 e. The van der Waals surface area contributed by atoms with Crippen molar-refractivity contribution in [3.63, 3.8) is 0 Å². The lowest BCUT2D eigenvalue weighted by atomic mass is 9.55. The highest BCUT2D eigenvalue weighted by Gasteiger charge is 2.58. The molecule has 5 nitrogen and oxygen atoms in total. The summed E-state index contributed by atoms with van der Waals surface area (Å²) in [5, 5.41) is 15.3. The number of aliphatic hydroxyl groups is 1. The molecule has 1 saturated heterocycles. The zero-order valence-corrected chi connectivity index (χ0v) is 16.5. The topological polar surface area (TPSA) is 65.9 Å². The number of ether oxygens (including phenoxy) is 1. The summed E-state index contributed by atoms with van der Waals surface area (Å²) in [5.74, 6) is 0.646. The molecule has 1 aliphatic carbocycles. The van der Waals surface area contributed by atoms with Gasteiger partial charge in [-0.2, -0.15) is 13.2 Å². The van der Waals surface area contributed by atoms with Crippen molar-refractivity contribution >= 4 is 29.9 Å². The average Bonchev–Trinajstić information content (AvgIpc) is 2.48. The Morgan fingerprint density at radius 2 is 2.08 bits per heavy atom. The third-order valence-electron chi connectivity index (χ3n) is 4.77. The fourth-order valence-electron chi connectivity index (χ4n) is 3.56. The zero-order valence-electron chi connectivity index (χ0n) is 14.2. The van der Waals surface area contributed by atoms with Crippen LogP contribution in [0.5, 0.6) is 0 Å². The number of alkyl halides is 3. The number of nitrogens with zero attached hydrogens (tertiary/aromatic N) is 1. The lowest BCUT2D eigenvalue weighted by molar-refractivity contribution is -0.199. The third-order valence-corrected chi connectivity index (χ3v) is 4.77. The van der Waals surface area contributed by atoms with Gasteiger partial charge in [0, 0.05) is 30.5 Å². The molecule has 1 aliphatic heterocycles. The molecule has 0 aromatic carbocycles. The summed E-state index contributed by atoms with van der Waals surface area (Å²) < 4.78 is 43.0. The first kappa shape index (κ1) is 21.8. The highest BCUT2D eigenvalue weighted by Crippen LogP contribution is 2.51. The molecule has 9 heteroatoms. The number of hydrogen-bond donors (Lipinski definition) is 3. The molecule has 1 saturated carbocycles. The Hall–Kier alpha value is -0.290. The van der Waals surface area contributed by atoms with Gasteiger partial charge in [0.15, 0.2) is 12.1 Å². The number of fused-ring (bicyclic) bond motifs is 1. The van der Waals surface area contributed by atoms with Gasteiger partial charge in [0.2, 0.25) is 0 Å². The minimum atomic E-state index is -4.65. The summed E-state index contributed by atoms with van der Waals surface area (Å²) in [6.45, 7) is 6.61. The average molecular weight is 465 g/mol. The van der Waals surface area contributed by atoms with Gasteiger partial charge in [-0.3, -0.25) is 4.99 Å². The monoisotopic (exact) mass is 465 g/mol. The van der Waals surface area contributed by atoms with Crippen LogP contribution in [-0.4, -0.2) is 55.2 Å². The molecule has 0 aromatic heterocycles. The SMILES string of the molecule is CCNC(=NCC(O)C(F)(F)F)NC1C2CCCOC2C1(C)C.I. The van der Waals surface area contributed by atoms with Crippen molar-refractivity contribution in [2.75, 3.05) is 19.7 Å². The van der Waals surface area contributed by atoms with Crippen molar-refractivity contribution in [3.8, 4) is 0 Å². The van der Waals surface area contributed by atoms with Crippen molar-refractivity contribution in [3.05, 3.63) is 0 Å². The second kappa shape index (κ2) is 8.39. The molecule has 0 amide bonds. The summed E-state index contributed by atoms with van der Waals surface area (Å²) in [7, 11) is 0. The first-order valence-electron chi connectivity index (χ1n) is 8.09. The van der Waals surface area contributed by atoms with Crippen molar-refractivity contribution in [1.82, 2.24) is 10.6 Å². The van der Waals surface area contributed by atoms with E-state index in [2.05, 4.69) is 29.5 Å². The largest absolute Gasteiger partial charge is 0.416 e. The van der Waals surface area contributed by atoms with Gasteiger partial charge in [-0.05, 0) is 19.8 Å². The molecule has 4 atom stereocenters. The van der Waals surface area contributed by atoms with Crippen LogP contribution >= 0.6 is 24.0 Å². The van der Waals surface area contributed by atoms with Crippen LogP contribution in [0.15, 0.2) is 4.99 Å². The number of aliphatic hydroxyl groups excluding tert-OH is 1. The Morgan fingerprint density at radius 1 is 1.42 bits per heavy atom. The number of nitrogens with one attached hydrogen (secondary N) is 2. The van der Waals surface area contributed by atoms with Crippen LogP contribution in [0, 0.1) is 11.3 Å². The van der Waals surface area contributed by atoms with E-state index in [0.717, 1.165) is 19.4 Å². The van der Waals surface area contributed by atoms with E-state index in [1.807, 2.05) is 6.92 Å². The van der Waals surface area contributed by atoms with Crippen molar-refractivity contribution < 1.29 is 23.0 Å². The van der Waals surface area contributed by atoms with Crippen LogP contribution in [-0.2, 0) is 4.74 Å². The predicted molar refractivity (Wildman–Crippen MR) is 96.6 cm³/mol. The summed E-state index contributed by atoms with van der Waals surface area (Å²) >= 11 is 0. The van der Waals surface area contributed by atoms with E-state index >= 15 is 0 Å². The molecule has 3 N–H and O–H groups in total. The van der Waals surface area contributed by atoms with Crippen molar-refractivity contribution in [1.29, 1.82) is 0 Å². The first-order chi connectivity index (χ1) is 10.7. The second-order valence-corrected chi connectivity index (χ2v) is 6.82. The van der Waals surface area contributed by atoms with Gasteiger partial charge < -0.3 is 20.5 Å². The third kappa shape index (κ3) is 4.66. The van der Waals surface area contributed by atoms with Crippen LogP contribution in [0.2, 0.25) is 0 Å². The molecular weight excluding hydrogens is 438 g/mol. The highest BCUT2D eigenvalue weighted by molar-refractivity contribution is 14.0. The molecule has 24 heavy (non-hydrogen) atoms. The molecule has 0 spiro atoms. The van der Waals surface area contributed by atoms with Crippen molar-refractivity contribution in [2.45, 2.75) is 58.0 Å². The van der Waals surface area contributed by atoms with Crippen LogP contribution in [0.3, 0.4) is 0 Å². The number of aliphatic imine (C=N–C) groups is 1. The Kier molecular flexibility index (Phi) is 7.61. The Bertz CT molecular complexity index is 446. The second-order valence-electron chi connectivity index (χ2n) is 6.82. The minimum Gasteiger partial charge on any atom is -0.382 e. The predicted octanol–water partition coefficient (Wildman–Crippen LogP) is 2.29. The molecule has 2 aliphatic rings. The summed E-state index contributed by atoms with van der Waals surface area (Å²) in [6.07, 6.45) is -4.89. The maximum absolute atomic E-state index is 12.4. The van der Waals surface area contributed by atoms with Gasteiger partial charge in [0.25, 0.3) is 0 Å². The van der Waals surface area contributed by atoms with E-state index in [1.54, 1.807) is 0 Å². The lowest BCUT2D eigenvalue weighted by Crippen LogP contribution is -2.71. The molecule has 2 fully saturated rings. The molecule has 2 rings (SSSR count). The Morgan fingerprint density at radius 3 is 2.67 bits per heavy atom. The van der Waals surface area contributed by atoms with Crippen molar-refractivity contribution in [2.24, 2.45) is 16.3 Å². The smallest absolute Gasteiger partial charge is 0.382 e. The number of rotatable bonds is 4. The van der Waals surface area contributed by atoms with Crippen LogP contribution in [0.25, 0.3) is 0 Å². The molecule has 0 bridgehead atoms. The van der Waals surface area contributed by atoms with Gasteiger partial charge >= 0.3 is 6.18 Å².